The predicted molar refractivity (Wildman–Crippen MR) is 129 cm³/mol. The van der Waals surface area contributed by atoms with Crippen LogP contribution in [-0.2, 0) is 16.0 Å². The second-order valence-corrected chi connectivity index (χ2v) is 9.14. The number of rotatable bonds is 17. The van der Waals surface area contributed by atoms with Crippen molar-refractivity contribution in [3.05, 3.63) is 47.5 Å². The number of unbranched alkanes of at least 4 members (excludes halogenated alkanes) is 9. The molecule has 0 saturated heterocycles. The van der Waals surface area contributed by atoms with Gasteiger partial charge in [0, 0.05) is 11.0 Å². The van der Waals surface area contributed by atoms with Gasteiger partial charge in [-0.1, -0.05) is 82.6 Å². The number of hydrogen-bond acceptors (Lipinski definition) is 4. The zero-order valence-corrected chi connectivity index (χ0v) is 19.7. The van der Waals surface area contributed by atoms with Crippen molar-refractivity contribution >= 4 is 17.7 Å². The fourth-order valence-electron chi connectivity index (χ4n) is 3.40. The van der Waals surface area contributed by atoms with Crippen LogP contribution in [0.5, 0.6) is 0 Å². The molecule has 1 atom stereocenters. The Morgan fingerprint density at radius 3 is 2.50 bits per heavy atom. The molecule has 3 nitrogen and oxygen atoms in total. The van der Waals surface area contributed by atoms with Crippen molar-refractivity contribution in [2.45, 2.75) is 89.2 Å². The van der Waals surface area contributed by atoms with E-state index in [-0.39, 0.29) is 5.97 Å². The van der Waals surface area contributed by atoms with Crippen LogP contribution in [0.4, 0.5) is 0 Å². The SMILES string of the molecule is CCCCCCCCCCCC=CC(Cc1cccc(C#N)c1)SCCC(=O)OC. The van der Waals surface area contributed by atoms with Crippen molar-refractivity contribution in [1.29, 1.82) is 5.26 Å². The number of nitriles is 1. The molecular weight excluding hydrogens is 390 g/mol. The molecule has 0 heterocycles. The Morgan fingerprint density at radius 2 is 1.83 bits per heavy atom. The van der Waals surface area contributed by atoms with Crippen LogP contribution in [0.25, 0.3) is 0 Å². The van der Waals surface area contributed by atoms with E-state index in [1.165, 1.54) is 64.9 Å². The quantitative estimate of drug-likeness (QED) is 0.149. The minimum absolute atomic E-state index is 0.161. The van der Waals surface area contributed by atoms with E-state index in [1.54, 1.807) is 11.8 Å². The smallest absolute Gasteiger partial charge is 0.306 e. The van der Waals surface area contributed by atoms with Gasteiger partial charge in [-0.15, -0.1) is 0 Å². The predicted octanol–water partition coefficient (Wildman–Crippen LogP) is 7.24. The van der Waals surface area contributed by atoms with Gasteiger partial charge >= 0.3 is 5.97 Å². The average molecular weight is 430 g/mol. The number of carbonyl (C=O) groups excluding carboxylic acids is 1. The molecule has 1 aromatic rings. The van der Waals surface area contributed by atoms with Gasteiger partial charge in [-0.2, -0.15) is 17.0 Å². The Labute approximate surface area is 188 Å². The number of thioether (sulfide) groups is 1. The maximum Gasteiger partial charge on any atom is 0.306 e. The zero-order chi connectivity index (χ0) is 21.9. The molecule has 0 aliphatic rings. The standard InChI is InChI=1S/C26H39NO2S/c1-3-4-5-6-7-8-9-10-11-12-13-17-25(30-19-18-26(28)29-2)21-23-15-14-16-24(20-23)22-27/h13-17,20,25H,3-12,18-19,21H2,1-2H3. The molecule has 1 unspecified atom stereocenters. The number of carbonyl (C=O) groups is 1. The van der Waals surface area contributed by atoms with Crippen molar-refractivity contribution in [3.8, 4) is 6.07 Å². The van der Waals surface area contributed by atoms with Crippen LogP contribution in [0.3, 0.4) is 0 Å². The third kappa shape index (κ3) is 13.5. The van der Waals surface area contributed by atoms with E-state index < -0.39 is 0 Å². The first-order valence-corrected chi connectivity index (χ1v) is 12.6. The number of methoxy groups -OCH3 is 1. The molecule has 166 valence electrons. The van der Waals surface area contributed by atoms with Crippen LogP contribution < -0.4 is 0 Å². The monoisotopic (exact) mass is 429 g/mol. The Morgan fingerprint density at radius 1 is 1.13 bits per heavy atom. The summed E-state index contributed by atoms with van der Waals surface area (Å²) in [7, 11) is 1.43. The normalized spacial score (nSPS) is 12.0. The van der Waals surface area contributed by atoms with Gasteiger partial charge in [0.2, 0.25) is 0 Å². The van der Waals surface area contributed by atoms with E-state index in [4.69, 9.17) is 10.00 Å². The molecule has 0 N–H and O–H groups in total. The zero-order valence-electron chi connectivity index (χ0n) is 18.9. The van der Waals surface area contributed by atoms with Gasteiger partial charge < -0.3 is 4.74 Å². The number of esters is 1. The molecule has 0 bridgehead atoms. The second kappa shape index (κ2) is 18.1. The van der Waals surface area contributed by atoms with Crippen LogP contribution in [-0.4, -0.2) is 24.1 Å². The van der Waals surface area contributed by atoms with E-state index >= 15 is 0 Å². The van der Waals surface area contributed by atoms with Gasteiger partial charge in [-0.25, -0.2) is 0 Å². The lowest BCUT2D eigenvalue weighted by atomic mass is 10.1. The van der Waals surface area contributed by atoms with E-state index in [2.05, 4.69) is 31.2 Å². The average Bonchev–Trinajstić information content (AvgIpc) is 2.77. The van der Waals surface area contributed by atoms with Crippen LogP contribution in [0, 0.1) is 11.3 Å². The number of benzene rings is 1. The van der Waals surface area contributed by atoms with E-state index in [1.807, 2.05) is 18.2 Å². The lowest BCUT2D eigenvalue weighted by molar-refractivity contribution is -0.140. The molecule has 30 heavy (non-hydrogen) atoms. The van der Waals surface area contributed by atoms with Crippen LogP contribution in [0.2, 0.25) is 0 Å². The fraction of sp³-hybridized carbons (Fsp3) is 0.615. The van der Waals surface area contributed by atoms with Crippen molar-refractivity contribution in [2.75, 3.05) is 12.9 Å². The van der Waals surface area contributed by atoms with E-state index in [0.717, 1.165) is 24.2 Å². The first-order chi connectivity index (χ1) is 14.7. The summed E-state index contributed by atoms with van der Waals surface area (Å²) in [4.78, 5) is 11.4. The van der Waals surface area contributed by atoms with Gasteiger partial charge in [0.15, 0.2) is 0 Å². The first kappa shape index (κ1) is 26.3. The number of allylic oxidation sites excluding steroid dienone is 1. The minimum Gasteiger partial charge on any atom is -0.469 e. The molecule has 0 aliphatic carbocycles. The molecule has 0 aromatic heterocycles. The number of ether oxygens (including phenoxy) is 1. The first-order valence-electron chi connectivity index (χ1n) is 11.5. The molecule has 0 fully saturated rings. The highest BCUT2D eigenvalue weighted by Crippen LogP contribution is 2.21. The highest BCUT2D eigenvalue weighted by Gasteiger charge is 2.09. The van der Waals surface area contributed by atoms with E-state index in [0.29, 0.717) is 17.2 Å². The molecule has 1 aromatic carbocycles. The van der Waals surface area contributed by atoms with E-state index in [9.17, 15) is 4.79 Å². The Kier molecular flexibility index (Phi) is 15.8. The lowest BCUT2D eigenvalue weighted by Gasteiger charge is -2.13. The molecule has 1 rings (SSSR count). The summed E-state index contributed by atoms with van der Waals surface area (Å²) >= 11 is 1.78. The second-order valence-electron chi connectivity index (χ2n) is 7.80. The van der Waals surface area contributed by atoms with Crippen LogP contribution in [0.1, 0.15) is 88.7 Å². The summed E-state index contributed by atoms with van der Waals surface area (Å²) in [6.07, 6.45) is 19.1. The number of nitrogens with zero attached hydrogens (tertiary/aromatic N) is 1. The third-order valence-corrected chi connectivity index (χ3v) is 6.38. The van der Waals surface area contributed by atoms with Crippen LogP contribution >= 0.6 is 11.8 Å². The summed E-state index contributed by atoms with van der Waals surface area (Å²) in [5.74, 6) is 0.587. The maximum atomic E-state index is 11.4. The summed E-state index contributed by atoms with van der Waals surface area (Å²) in [6, 6.07) is 10.0. The summed E-state index contributed by atoms with van der Waals surface area (Å²) < 4.78 is 4.75. The minimum atomic E-state index is -0.161. The topological polar surface area (TPSA) is 50.1 Å². The van der Waals surface area contributed by atoms with Gasteiger partial charge in [0.1, 0.15) is 0 Å². The molecule has 0 saturated carbocycles. The Hall–Kier alpha value is -1.73. The van der Waals surface area contributed by atoms with Gasteiger partial charge in [-0.05, 0) is 37.0 Å². The maximum absolute atomic E-state index is 11.4. The van der Waals surface area contributed by atoms with Crippen molar-refractivity contribution in [2.24, 2.45) is 0 Å². The van der Waals surface area contributed by atoms with Crippen LogP contribution in [0.15, 0.2) is 36.4 Å². The highest BCUT2D eigenvalue weighted by atomic mass is 32.2. The Balaban J connectivity index is 2.37. The Bertz CT molecular complexity index is 651. The highest BCUT2D eigenvalue weighted by molar-refractivity contribution is 8.00. The van der Waals surface area contributed by atoms with Crippen molar-refractivity contribution < 1.29 is 9.53 Å². The third-order valence-electron chi connectivity index (χ3n) is 5.18. The molecule has 0 radical (unpaired) electrons. The van der Waals surface area contributed by atoms with Gasteiger partial charge in [-0.3, -0.25) is 4.79 Å². The van der Waals surface area contributed by atoms with Crippen molar-refractivity contribution in [3.63, 3.8) is 0 Å². The fourth-order valence-corrected chi connectivity index (χ4v) is 4.52. The molecule has 0 spiro atoms. The van der Waals surface area contributed by atoms with Gasteiger partial charge in [0.05, 0.1) is 25.2 Å². The summed E-state index contributed by atoms with van der Waals surface area (Å²) in [6.45, 7) is 2.26. The van der Waals surface area contributed by atoms with Gasteiger partial charge in [0.25, 0.3) is 0 Å². The summed E-state index contributed by atoms with van der Waals surface area (Å²) in [5.41, 5.74) is 1.86. The molecule has 0 aliphatic heterocycles. The van der Waals surface area contributed by atoms with Crippen molar-refractivity contribution in [1.82, 2.24) is 0 Å². The lowest BCUT2D eigenvalue weighted by Crippen LogP contribution is -2.08. The number of hydrogen-bond donors (Lipinski definition) is 0. The summed E-state index contributed by atoms with van der Waals surface area (Å²) in [5, 5.41) is 9.43. The largest absolute Gasteiger partial charge is 0.469 e. The molecular formula is C26H39NO2S. The molecule has 4 heteroatoms. The molecule has 0 amide bonds.